The Morgan fingerprint density at radius 2 is 1.17 bits per heavy atom. The predicted octanol–water partition coefficient (Wildman–Crippen LogP) is 17.8. The molecule has 71 heavy (non-hydrogen) atoms. The van der Waals surface area contributed by atoms with Crippen molar-refractivity contribution in [2.45, 2.75) is 111 Å². The van der Waals surface area contributed by atoms with E-state index in [2.05, 4.69) is 268 Å². The number of rotatable bonds is 10. The van der Waals surface area contributed by atoms with Crippen LogP contribution in [0, 0.1) is 18.8 Å². The Morgan fingerprint density at radius 3 is 1.85 bits per heavy atom. The van der Waals surface area contributed by atoms with Crippen molar-refractivity contribution in [3.8, 4) is 28.4 Å². The first-order valence-electron chi connectivity index (χ1n) is 24.9. The monoisotopic (exact) mass is 1110 g/mol. The Labute approximate surface area is 436 Å². The number of hydrogen-bond donors (Lipinski definition) is 0. The number of fused-ring (bicyclic) bond motifs is 4. The molecule has 9 aromatic rings. The van der Waals surface area contributed by atoms with Crippen LogP contribution in [0.1, 0.15) is 128 Å². The fourth-order valence-electron chi connectivity index (χ4n) is 10.1. The first-order chi connectivity index (χ1) is 33.4. The van der Waals surface area contributed by atoms with E-state index in [4.69, 9.17) is 9.72 Å². The number of anilines is 4. The number of para-hydroxylation sites is 2. The molecule has 0 atom stereocenters. The molecule has 0 amide bonds. The average Bonchev–Trinajstić information content (AvgIpc) is 3.89. The third-order valence-electron chi connectivity index (χ3n) is 14.3. The Bertz CT molecular complexity index is 3380. The van der Waals surface area contributed by atoms with E-state index in [1.54, 1.807) is 0 Å². The van der Waals surface area contributed by atoms with E-state index in [0.717, 1.165) is 55.9 Å². The van der Waals surface area contributed by atoms with Gasteiger partial charge in [0.25, 0.3) is 0 Å². The average molecular weight is 1110 g/mol. The molecule has 0 radical (unpaired) electrons. The zero-order valence-electron chi connectivity index (χ0n) is 43.3. The number of pyridine rings is 1. The minimum Gasteiger partial charge on any atom is -0.509 e. The van der Waals surface area contributed by atoms with E-state index < -0.39 is 0 Å². The molecule has 0 aliphatic carbocycles. The van der Waals surface area contributed by atoms with Crippen molar-refractivity contribution >= 4 is 44.6 Å². The van der Waals surface area contributed by atoms with Gasteiger partial charge in [0.2, 0.25) is 0 Å². The summed E-state index contributed by atoms with van der Waals surface area (Å²) >= 11 is 0. The molecule has 0 spiro atoms. The van der Waals surface area contributed by atoms with Crippen LogP contribution in [0.3, 0.4) is 0 Å². The van der Waals surface area contributed by atoms with Gasteiger partial charge in [0.05, 0.1) is 0 Å². The molecule has 0 unspecified atom stereocenters. The molecule has 2 aromatic heterocycles. The van der Waals surface area contributed by atoms with Gasteiger partial charge >= 0.3 is 0 Å². The summed E-state index contributed by atoms with van der Waals surface area (Å²) in [5.41, 5.74) is 15.8. The van der Waals surface area contributed by atoms with Gasteiger partial charge in [0, 0.05) is 66.8 Å². The van der Waals surface area contributed by atoms with Crippen molar-refractivity contribution in [1.29, 1.82) is 0 Å². The van der Waals surface area contributed by atoms with Crippen LogP contribution in [0.4, 0.5) is 22.7 Å². The van der Waals surface area contributed by atoms with Crippen molar-refractivity contribution in [1.82, 2.24) is 9.55 Å². The summed E-state index contributed by atoms with van der Waals surface area (Å²) in [5, 5.41) is 2.23. The van der Waals surface area contributed by atoms with E-state index in [1.807, 2.05) is 6.20 Å². The number of ether oxygens (including phenoxy) is 1. The molecule has 6 heteroatoms. The fraction of sp³-hybridized carbons (Fsp3) is 0.262. The summed E-state index contributed by atoms with van der Waals surface area (Å²) < 4.78 is 9.36. The van der Waals surface area contributed by atoms with Crippen molar-refractivity contribution in [2.24, 2.45) is 0 Å². The minimum atomic E-state index is -0.218. The van der Waals surface area contributed by atoms with Gasteiger partial charge in [-0.25, -0.2) is 4.98 Å². The molecule has 1 aliphatic heterocycles. The third kappa shape index (κ3) is 9.35. The zero-order valence-corrected chi connectivity index (χ0v) is 45.5. The van der Waals surface area contributed by atoms with Crippen molar-refractivity contribution < 1.29 is 25.8 Å². The summed E-state index contributed by atoms with van der Waals surface area (Å²) in [5.74, 6) is 2.66. The molecule has 364 valence electrons. The first-order valence-corrected chi connectivity index (χ1v) is 24.9. The maximum atomic E-state index is 7.10. The zero-order chi connectivity index (χ0) is 49.3. The summed E-state index contributed by atoms with van der Waals surface area (Å²) in [6, 6.07) is 62.6. The van der Waals surface area contributed by atoms with Gasteiger partial charge in [-0.1, -0.05) is 174 Å². The van der Waals surface area contributed by atoms with Gasteiger partial charge in [-0.05, 0) is 109 Å². The topological polar surface area (TPSA) is 33.5 Å². The fourth-order valence-corrected chi connectivity index (χ4v) is 10.1. The van der Waals surface area contributed by atoms with Gasteiger partial charge in [-0.2, -0.15) is 6.07 Å². The maximum absolute atomic E-state index is 7.10. The quantitative estimate of drug-likeness (QED) is 0.128. The molecule has 7 aromatic carbocycles. The van der Waals surface area contributed by atoms with Crippen LogP contribution in [-0.2, 0) is 37.3 Å². The van der Waals surface area contributed by atoms with E-state index in [-0.39, 0.29) is 37.3 Å². The Balaban J connectivity index is 0.00000624. The number of nitrogens with zero attached hydrogens (tertiary/aromatic N) is 4. The van der Waals surface area contributed by atoms with Gasteiger partial charge < -0.3 is 19.1 Å². The SMILES string of the molecule is CC(C)c1cccc(C(C)C)c1-c1cc(Oc2[c-]c3c(cc2)c2cc(C(C)(C)c4ccccc4)ccc2n3-c2cc(C(C)(C)C)ccn2)[c-]c(N2[CH-]N(c3cccc(C(C)(C)C)c3)c3ccccc32)c1.[Pt]. The summed E-state index contributed by atoms with van der Waals surface area (Å²) in [7, 11) is 0. The second-order valence-corrected chi connectivity index (χ2v) is 22.3. The van der Waals surface area contributed by atoms with Crippen LogP contribution in [0.2, 0.25) is 0 Å². The van der Waals surface area contributed by atoms with Crippen molar-refractivity contribution in [2.75, 3.05) is 9.80 Å². The Morgan fingerprint density at radius 1 is 0.535 bits per heavy atom. The molecular weight excluding hydrogens is 1050 g/mol. The molecule has 0 N–H and O–H groups in total. The number of aromatic nitrogens is 2. The maximum Gasteiger partial charge on any atom is 0.135 e. The molecule has 1 aliphatic rings. The minimum absolute atomic E-state index is 0. The van der Waals surface area contributed by atoms with E-state index in [0.29, 0.717) is 23.3 Å². The molecule has 0 saturated carbocycles. The van der Waals surface area contributed by atoms with E-state index in [9.17, 15) is 0 Å². The van der Waals surface area contributed by atoms with Crippen LogP contribution in [0.25, 0.3) is 38.8 Å². The number of benzene rings is 7. The van der Waals surface area contributed by atoms with Crippen molar-refractivity contribution in [3.05, 3.63) is 210 Å². The molecule has 3 heterocycles. The van der Waals surface area contributed by atoms with Crippen LogP contribution >= 0.6 is 0 Å². The van der Waals surface area contributed by atoms with Crippen LogP contribution < -0.4 is 14.5 Å². The molecule has 0 bridgehead atoms. The van der Waals surface area contributed by atoms with E-state index in [1.165, 1.54) is 38.9 Å². The summed E-state index contributed by atoms with van der Waals surface area (Å²) in [6.45, 7) is 29.5. The molecule has 0 saturated heterocycles. The van der Waals surface area contributed by atoms with Crippen molar-refractivity contribution in [3.63, 3.8) is 0 Å². The van der Waals surface area contributed by atoms with Gasteiger partial charge in [0.15, 0.2) is 0 Å². The summed E-state index contributed by atoms with van der Waals surface area (Å²) in [4.78, 5) is 9.57. The normalized spacial score (nSPS) is 13.1. The van der Waals surface area contributed by atoms with Crippen LogP contribution in [0.15, 0.2) is 158 Å². The molecule has 10 rings (SSSR count). The van der Waals surface area contributed by atoms with Crippen LogP contribution in [-0.4, -0.2) is 9.55 Å². The Kier molecular flexibility index (Phi) is 13.2. The standard InChI is InChI=1S/C65H65N4O.Pt/c1-42(2)53-24-19-25-54(43(3)4)62(53)44-34-50(68-41-67(58-26-16-17-27-59(58)68)49-23-18-22-46(36-49)63(5,6)7)39-52(35-44)70-51-29-30-55-56-37-48(65(11,12)45-20-14-13-15-21-45)28-31-57(56)69(60(55)40-51)61-38-47(32-33-66-61)64(8,9)10;/h13-38,41-43H,1-12H3;/q-3;. The third-order valence-corrected chi connectivity index (χ3v) is 14.3. The second-order valence-electron chi connectivity index (χ2n) is 22.3. The van der Waals surface area contributed by atoms with Gasteiger partial charge in [0.1, 0.15) is 5.82 Å². The second kappa shape index (κ2) is 19.0. The molecule has 0 fully saturated rings. The van der Waals surface area contributed by atoms with Gasteiger partial charge in [-0.15, -0.1) is 53.6 Å². The number of hydrogen-bond acceptors (Lipinski definition) is 4. The smallest absolute Gasteiger partial charge is 0.135 e. The predicted molar refractivity (Wildman–Crippen MR) is 294 cm³/mol. The first kappa shape index (κ1) is 49.6. The van der Waals surface area contributed by atoms with Gasteiger partial charge in [-0.3, -0.25) is 0 Å². The molecule has 5 nitrogen and oxygen atoms in total. The summed E-state index contributed by atoms with van der Waals surface area (Å²) in [6.07, 6.45) is 1.93. The van der Waals surface area contributed by atoms with E-state index >= 15 is 0 Å². The molecular formula is C65H65N4OPt-3. The van der Waals surface area contributed by atoms with Crippen LogP contribution in [0.5, 0.6) is 11.5 Å². The Hall–Kier alpha value is -6.42. The largest absolute Gasteiger partial charge is 0.509 e.